The SMILES string of the molecule is CCN(CC)C(=O)C1CC=CCC1C(=O)Nc1ccc([N+](=O)[O-])cc1. The molecule has 0 heterocycles. The molecule has 1 aromatic carbocycles. The molecular formula is C18H23N3O4. The first-order valence-electron chi connectivity index (χ1n) is 8.47. The van der Waals surface area contributed by atoms with Crippen LogP contribution in [0.25, 0.3) is 0 Å². The lowest BCUT2D eigenvalue weighted by Crippen LogP contribution is -2.43. The summed E-state index contributed by atoms with van der Waals surface area (Å²) in [5.74, 6) is -1.04. The summed E-state index contributed by atoms with van der Waals surface area (Å²) in [6.07, 6.45) is 4.93. The molecule has 2 rings (SSSR count). The molecular weight excluding hydrogens is 322 g/mol. The normalized spacial score (nSPS) is 19.3. The molecule has 1 aliphatic rings. The average molecular weight is 345 g/mol. The van der Waals surface area contributed by atoms with Gasteiger partial charge in [-0.15, -0.1) is 0 Å². The summed E-state index contributed by atoms with van der Waals surface area (Å²) in [7, 11) is 0. The van der Waals surface area contributed by atoms with E-state index in [0.29, 0.717) is 31.6 Å². The first kappa shape index (κ1) is 18.6. The molecule has 0 saturated carbocycles. The highest BCUT2D eigenvalue weighted by Crippen LogP contribution is 2.29. The highest BCUT2D eigenvalue weighted by atomic mass is 16.6. The van der Waals surface area contributed by atoms with E-state index < -0.39 is 10.8 Å². The minimum atomic E-state index is -0.490. The molecule has 7 nitrogen and oxygen atoms in total. The lowest BCUT2D eigenvalue weighted by atomic mass is 9.81. The lowest BCUT2D eigenvalue weighted by Gasteiger charge is -2.31. The fourth-order valence-corrected chi connectivity index (χ4v) is 3.05. The average Bonchev–Trinajstić information content (AvgIpc) is 2.63. The van der Waals surface area contributed by atoms with Gasteiger partial charge in [-0.25, -0.2) is 0 Å². The first-order valence-corrected chi connectivity index (χ1v) is 8.47. The van der Waals surface area contributed by atoms with Crippen molar-refractivity contribution in [3.05, 3.63) is 46.5 Å². The van der Waals surface area contributed by atoms with Gasteiger partial charge in [0.15, 0.2) is 0 Å². The molecule has 1 N–H and O–H groups in total. The van der Waals surface area contributed by atoms with Crippen molar-refractivity contribution in [2.45, 2.75) is 26.7 Å². The van der Waals surface area contributed by atoms with Crippen LogP contribution < -0.4 is 5.32 Å². The Labute approximate surface area is 146 Å². The van der Waals surface area contributed by atoms with E-state index in [2.05, 4.69) is 5.32 Å². The second kappa shape index (κ2) is 8.41. The van der Waals surface area contributed by atoms with Gasteiger partial charge in [-0.05, 0) is 38.8 Å². The van der Waals surface area contributed by atoms with E-state index in [0.717, 1.165) is 0 Å². The molecule has 0 aliphatic heterocycles. The third-order valence-corrected chi connectivity index (χ3v) is 4.51. The fraction of sp³-hybridized carbons (Fsp3) is 0.444. The smallest absolute Gasteiger partial charge is 0.269 e. The van der Waals surface area contributed by atoms with Gasteiger partial charge in [-0.3, -0.25) is 19.7 Å². The standard InChI is InChI=1S/C18H23N3O4/c1-3-20(4-2)18(23)16-8-6-5-7-15(16)17(22)19-13-9-11-14(12-10-13)21(24)25/h5-6,9-12,15-16H,3-4,7-8H2,1-2H3,(H,19,22). The maximum Gasteiger partial charge on any atom is 0.269 e. The molecule has 2 unspecified atom stereocenters. The topological polar surface area (TPSA) is 92.6 Å². The number of hydrogen-bond acceptors (Lipinski definition) is 4. The van der Waals surface area contributed by atoms with E-state index >= 15 is 0 Å². The van der Waals surface area contributed by atoms with Crippen LogP contribution in [0.15, 0.2) is 36.4 Å². The van der Waals surface area contributed by atoms with Gasteiger partial charge >= 0.3 is 0 Å². The molecule has 25 heavy (non-hydrogen) atoms. The molecule has 134 valence electrons. The Kier molecular flexibility index (Phi) is 6.27. The summed E-state index contributed by atoms with van der Waals surface area (Å²) in [6, 6.07) is 5.68. The zero-order chi connectivity index (χ0) is 18.4. The minimum Gasteiger partial charge on any atom is -0.343 e. The van der Waals surface area contributed by atoms with Gasteiger partial charge in [0, 0.05) is 30.9 Å². The molecule has 2 amide bonds. The number of benzene rings is 1. The Balaban J connectivity index is 2.11. The fourth-order valence-electron chi connectivity index (χ4n) is 3.05. The number of non-ortho nitro benzene ring substituents is 1. The van der Waals surface area contributed by atoms with Crippen molar-refractivity contribution in [2.24, 2.45) is 11.8 Å². The van der Waals surface area contributed by atoms with Crippen molar-refractivity contribution in [1.29, 1.82) is 0 Å². The number of nitro benzene ring substituents is 1. The first-order chi connectivity index (χ1) is 12.0. The molecule has 7 heteroatoms. The Hall–Kier alpha value is -2.70. The molecule has 0 bridgehead atoms. The summed E-state index contributed by atoms with van der Waals surface area (Å²) in [6.45, 7) is 5.08. The number of rotatable bonds is 6. The molecule has 1 aromatic rings. The number of anilines is 1. The number of amides is 2. The summed E-state index contributed by atoms with van der Waals surface area (Å²) in [5, 5.41) is 13.5. The molecule has 0 fully saturated rings. The number of hydrogen-bond donors (Lipinski definition) is 1. The third kappa shape index (κ3) is 4.43. The van der Waals surface area contributed by atoms with Crippen LogP contribution in [-0.2, 0) is 9.59 Å². The summed E-state index contributed by atoms with van der Waals surface area (Å²) in [4.78, 5) is 37.3. The molecule has 1 aliphatic carbocycles. The Bertz CT molecular complexity index is 665. The van der Waals surface area contributed by atoms with Gasteiger partial charge in [0.2, 0.25) is 11.8 Å². The van der Waals surface area contributed by atoms with E-state index in [1.54, 1.807) is 4.90 Å². The Morgan fingerprint density at radius 1 is 1.12 bits per heavy atom. The largest absolute Gasteiger partial charge is 0.343 e. The maximum absolute atomic E-state index is 12.7. The lowest BCUT2D eigenvalue weighted by molar-refractivity contribution is -0.384. The van der Waals surface area contributed by atoms with Crippen LogP contribution in [0, 0.1) is 22.0 Å². The van der Waals surface area contributed by atoms with Crippen LogP contribution in [0.3, 0.4) is 0 Å². The van der Waals surface area contributed by atoms with E-state index in [4.69, 9.17) is 0 Å². The van der Waals surface area contributed by atoms with Crippen molar-refractivity contribution < 1.29 is 14.5 Å². The molecule has 0 radical (unpaired) electrons. The van der Waals surface area contributed by atoms with E-state index in [1.807, 2.05) is 26.0 Å². The third-order valence-electron chi connectivity index (χ3n) is 4.51. The predicted octanol–water partition coefficient (Wildman–Crippen LogP) is 2.98. The van der Waals surface area contributed by atoms with Crippen LogP contribution in [0.5, 0.6) is 0 Å². The molecule has 0 saturated heterocycles. The highest BCUT2D eigenvalue weighted by Gasteiger charge is 2.35. The van der Waals surface area contributed by atoms with Gasteiger partial charge < -0.3 is 10.2 Å². The minimum absolute atomic E-state index is 0.00167. The van der Waals surface area contributed by atoms with Crippen molar-refractivity contribution in [1.82, 2.24) is 4.90 Å². The summed E-state index contributed by atoms with van der Waals surface area (Å²) in [5.41, 5.74) is 0.451. The Morgan fingerprint density at radius 2 is 1.68 bits per heavy atom. The number of nitrogens with zero attached hydrogens (tertiary/aromatic N) is 2. The molecule has 2 atom stereocenters. The number of nitro groups is 1. The van der Waals surface area contributed by atoms with Crippen molar-refractivity contribution in [3.8, 4) is 0 Å². The van der Waals surface area contributed by atoms with Crippen LogP contribution in [-0.4, -0.2) is 34.7 Å². The molecule has 0 aromatic heterocycles. The van der Waals surface area contributed by atoms with Crippen molar-refractivity contribution >= 4 is 23.2 Å². The Morgan fingerprint density at radius 3 is 2.20 bits per heavy atom. The zero-order valence-corrected chi connectivity index (χ0v) is 14.5. The second-order valence-corrected chi connectivity index (χ2v) is 5.96. The number of nitrogens with one attached hydrogen (secondary N) is 1. The van der Waals surface area contributed by atoms with E-state index in [-0.39, 0.29) is 23.4 Å². The maximum atomic E-state index is 12.7. The monoisotopic (exact) mass is 345 g/mol. The number of carbonyl (C=O) groups excluding carboxylic acids is 2. The van der Waals surface area contributed by atoms with Crippen LogP contribution >= 0.6 is 0 Å². The zero-order valence-electron chi connectivity index (χ0n) is 14.5. The van der Waals surface area contributed by atoms with Crippen molar-refractivity contribution in [2.75, 3.05) is 18.4 Å². The highest BCUT2D eigenvalue weighted by molar-refractivity contribution is 5.96. The van der Waals surface area contributed by atoms with Gasteiger partial charge in [0.1, 0.15) is 0 Å². The second-order valence-electron chi connectivity index (χ2n) is 5.96. The van der Waals surface area contributed by atoms with Crippen LogP contribution in [0.4, 0.5) is 11.4 Å². The van der Waals surface area contributed by atoms with E-state index in [1.165, 1.54) is 24.3 Å². The van der Waals surface area contributed by atoms with Gasteiger partial charge in [-0.1, -0.05) is 12.2 Å². The van der Waals surface area contributed by atoms with E-state index in [9.17, 15) is 19.7 Å². The van der Waals surface area contributed by atoms with Gasteiger partial charge in [0.25, 0.3) is 5.69 Å². The number of carbonyl (C=O) groups is 2. The van der Waals surface area contributed by atoms with Crippen molar-refractivity contribution in [3.63, 3.8) is 0 Å². The summed E-state index contributed by atoms with van der Waals surface area (Å²) >= 11 is 0. The van der Waals surface area contributed by atoms with Gasteiger partial charge in [-0.2, -0.15) is 0 Å². The molecule has 0 spiro atoms. The van der Waals surface area contributed by atoms with Crippen LogP contribution in [0.1, 0.15) is 26.7 Å². The summed E-state index contributed by atoms with van der Waals surface area (Å²) < 4.78 is 0. The quantitative estimate of drug-likeness (QED) is 0.487. The van der Waals surface area contributed by atoms with Gasteiger partial charge in [0.05, 0.1) is 16.8 Å². The number of allylic oxidation sites excluding steroid dienone is 2. The van der Waals surface area contributed by atoms with Crippen LogP contribution in [0.2, 0.25) is 0 Å². The predicted molar refractivity (Wildman–Crippen MR) is 95.0 cm³/mol.